The smallest absolute Gasteiger partial charge is 0.237 e. The molecule has 0 bridgehead atoms. The van der Waals surface area contributed by atoms with Crippen LogP contribution in [0.25, 0.3) is 0 Å². The van der Waals surface area contributed by atoms with Gasteiger partial charge >= 0.3 is 0 Å². The molecule has 4 nitrogen and oxygen atoms in total. The van der Waals surface area contributed by atoms with E-state index in [4.69, 9.17) is 5.73 Å². The molecule has 2 aromatic rings. The van der Waals surface area contributed by atoms with E-state index in [-0.39, 0.29) is 36.5 Å². The van der Waals surface area contributed by atoms with Gasteiger partial charge in [0, 0.05) is 18.5 Å². The largest absolute Gasteiger partial charge is 0.351 e. The van der Waals surface area contributed by atoms with Crippen molar-refractivity contribution >= 4 is 30.7 Å². The summed E-state index contributed by atoms with van der Waals surface area (Å²) in [6, 6.07) is 16.8. The predicted molar refractivity (Wildman–Crippen MR) is 120 cm³/mol. The van der Waals surface area contributed by atoms with Gasteiger partial charge in [-0.05, 0) is 49.1 Å². The average molecular weight is 442 g/mol. The molecule has 4 N–H and O–H groups in total. The summed E-state index contributed by atoms with van der Waals surface area (Å²) in [5, 5.41) is 6.40. The summed E-state index contributed by atoms with van der Waals surface area (Å²) >= 11 is 0. The summed E-state index contributed by atoms with van der Waals surface area (Å²) in [5.74, 6) is 0.209. The van der Waals surface area contributed by atoms with Gasteiger partial charge in [-0.15, -0.1) is 24.8 Å². The minimum atomic E-state index is -0.497. The molecule has 29 heavy (non-hydrogen) atoms. The Kier molecular flexibility index (Phi) is 11.2. The number of unbranched alkanes of at least 4 members (excludes halogenated alkanes) is 1. The van der Waals surface area contributed by atoms with Crippen LogP contribution in [-0.4, -0.2) is 24.5 Å². The maximum atomic E-state index is 12.9. The monoisotopic (exact) mass is 441 g/mol. The van der Waals surface area contributed by atoms with Gasteiger partial charge in [0.1, 0.15) is 5.82 Å². The second-order valence-corrected chi connectivity index (χ2v) is 7.26. The van der Waals surface area contributed by atoms with E-state index in [1.165, 1.54) is 24.1 Å². The Morgan fingerprint density at radius 3 is 2.45 bits per heavy atom. The molecule has 1 unspecified atom stereocenters. The molecule has 0 spiro atoms. The molecule has 0 heterocycles. The van der Waals surface area contributed by atoms with Gasteiger partial charge in [-0.25, -0.2) is 4.39 Å². The van der Waals surface area contributed by atoms with Crippen molar-refractivity contribution in [1.82, 2.24) is 10.6 Å². The van der Waals surface area contributed by atoms with E-state index in [2.05, 4.69) is 34.9 Å². The van der Waals surface area contributed by atoms with Crippen molar-refractivity contribution in [2.75, 3.05) is 6.54 Å². The van der Waals surface area contributed by atoms with E-state index < -0.39 is 6.04 Å². The van der Waals surface area contributed by atoms with Crippen LogP contribution >= 0.6 is 24.8 Å². The van der Waals surface area contributed by atoms with Crippen LogP contribution in [0.2, 0.25) is 0 Å². The van der Waals surface area contributed by atoms with E-state index in [9.17, 15) is 9.18 Å². The molecule has 1 fully saturated rings. The van der Waals surface area contributed by atoms with E-state index in [0.717, 1.165) is 24.9 Å². The number of nitrogens with one attached hydrogen (secondary N) is 2. The normalized spacial score (nSPS) is 18.1. The number of benzene rings is 2. The van der Waals surface area contributed by atoms with Crippen molar-refractivity contribution in [3.05, 3.63) is 71.5 Å². The van der Waals surface area contributed by atoms with Crippen LogP contribution in [0.4, 0.5) is 4.39 Å². The predicted octanol–water partition coefficient (Wildman–Crippen LogP) is 3.93. The van der Waals surface area contributed by atoms with Gasteiger partial charge in [-0.3, -0.25) is 4.79 Å². The summed E-state index contributed by atoms with van der Waals surface area (Å²) in [4.78, 5) is 12.0. The molecular weight excluding hydrogens is 412 g/mol. The van der Waals surface area contributed by atoms with E-state index in [1.807, 2.05) is 6.07 Å². The molecule has 3 rings (SSSR count). The molecule has 1 aliphatic rings. The molecule has 0 radical (unpaired) electrons. The molecule has 0 saturated heterocycles. The number of hydrogen-bond acceptors (Lipinski definition) is 3. The minimum Gasteiger partial charge on any atom is -0.351 e. The Hall–Kier alpha value is -1.66. The van der Waals surface area contributed by atoms with Crippen molar-refractivity contribution in [3.63, 3.8) is 0 Å². The number of halogens is 3. The zero-order valence-electron chi connectivity index (χ0n) is 16.4. The molecule has 1 amide bonds. The molecule has 1 aliphatic carbocycles. The van der Waals surface area contributed by atoms with Crippen molar-refractivity contribution in [1.29, 1.82) is 0 Å². The number of amides is 1. The van der Waals surface area contributed by atoms with Crippen molar-refractivity contribution in [2.45, 2.75) is 50.2 Å². The Labute approximate surface area is 184 Å². The molecule has 7 heteroatoms. The average Bonchev–Trinajstić information content (AvgIpc) is 3.47. The zero-order valence-corrected chi connectivity index (χ0v) is 18.0. The summed E-state index contributed by atoms with van der Waals surface area (Å²) in [7, 11) is 0. The lowest BCUT2D eigenvalue weighted by atomic mass is 10.1. The number of nitrogens with two attached hydrogens (primary N) is 1. The van der Waals surface area contributed by atoms with Crippen molar-refractivity contribution in [2.24, 2.45) is 5.73 Å². The Morgan fingerprint density at radius 2 is 1.76 bits per heavy atom. The van der Waals surface area contributed by atoms with Gasteiger partial charge in [0.15, 0.2) is 0 Å². The van der Waals surface area contributed by atoms with Gasteiger partial charge in [-0.1, -0.05) is 48.9 Å². The first kappa shape index (κ1) is 25.4. The highest BCUT2D eigenvalue weighted by Gasteiger charge is 2.37. The van der Waals surface area contributed by atoms with Crippen LogP contribution in [0.3, 0.4) is 0 Å². The Bertz CT molecular complexity index is 731. The quantitative estimate of drug-likeness (QED) is 0.489. The lowest BCUT2D eigenvalue weighted by Gasteiger charge is -2.12. The van der Waals surface area contributed by atoms with Crippen LogP contribution in [-0.2, 0) is 11.3 Å². The first-order chi connectivity index (χ1) is 13.1. The molecule has 0 aromatic heterocycles. The van der Waals surface area contributed by atoms with Crippen LogP contribution in [0.1, 0.15) is 42.7 Å². The molecule has 3 atom stereocenters. The third kappa shape index (κ3) is 8.31. The van der Waals surface area contributed by atoms with Gasteiger partial charge in [0.25, 0.3) is 0 Å². The minimum absolute atomic E-state index is 0. The van der Waals surface area contributed by atoms with Gasteiger partial charge in [-0.2, -0.15) is 0 Å². The van der Waals surface area contributed by atoms with E-state index >= 15 is 0 Å². The highest BCUT2D eigenvalue weighted by atomic mass is 35.5. The van der Waals surface area contributed by atoms with Crippen molar-refractivity contribution in [3.8, 4) is 0 Å². The topological polar surface area (TPSA) is 67.1 Å². The first-order valence-electron chi connectivity index (χ1n) is 9.69. The molecular formula is C22H30Cl2FN3O. The number of carbonyl (C=O) groups excluding carboxylic acids is 1. The van der Waals surface area contributed by atoms with Gasteiger partial charge in [0.2, 0.25) is 5.91 Å². The zero-order chi connectivity index (χ0) is 19.1. The van der Waals surface area contributed by atoms with Crippen LogP contribution in [0.15, 0.2) is 54.6 Å². The number of carbonyl (C=O) groups is 1. The van der Waals surface area contributed by atoms with Gasteiger partial charge < -0.3 is 16.4 Å². The van der Waals surface area contributed by atoms with Gasteiger partial charge in [0.05, 0.1) is 6.04 Å². The SMILES string of the molecule is Cl.Cl.NC(CCCCN[C@@H]1C[C@H]1c1ccccc1)C(=O)NCc1ccc(F)cc1. The fourth-order valence-electron chi connectivity index (χ4n) is 3.32. The summed E-state index contributed by atoms with van der Waals surface area (Å²) in [6.07, 6.45) is 3.80. The second-order valence-electron chi connectivity index (χ2n) is 7.26. The highest BCUT2D eigenvalue weighted by Crippen LogP contribution is 2.40. The summed E-state index contributed by atoms with van der Waals surface area (Å²) in [6.45, 7) is 1.33. The number of hydrogen-bond donors (Lipinski definition) is 3. The third-order valence-corrected chi connectivity index (χ3v) is 5.08. The second kappa shape index (κ2) is 12.8. The van der Waals surface area contributed by atoms with Crippen LogP contribution < -0.4 is 16.4 Å². The standard InChI is InChI=1S/C22H28FN3O.2ClH/c23-18-11-9-16(10-12-18)15-26-22(27)20(24)8-4-5-13-25-21-14-19(21)17-6-2-1-3-7-17;;/h1-3,6-7,9-12,19-21,25H,4-5,8,13-15,24H2,(H,26,27);2*1H/t19-,20?,21+;;/m0../s1. The Morgan fingerprint density at radius 1 is 1.07 bits per heavy atom. The van der Waals surface area contributed by atoms with Crippen LogP contribution in [0, 0.1) is 5.82 Å². The number of rotatable bonds is 10. The molecule has 2 aromatic carbocycles. The summed E-state index contributed by atoms with van der Waals surface area (Å²) < 4.78 is 12.9. The fraction of sp³-hybridized carbons (Fsp3) is 0.409. The fourth-order valence-corrected chi connectivity index (χ4v) is 3.32. The Balaban J connectivity index is 0.00000210. The van der Waals surface area contributed by atoms with E-state index in [1.54, 1.807) is 12.1 Å². The van der Waals surface area contributed by atoms with Crippen LogP contribution in [0.5, 0.6) is 0 Å². The summed E-state index contributed by atoms with van der Waals surface area (Å²) in [5.41, 5.74) is 8.24. The lowest BCUT2D eigenvalue weighted by molar-refractivity contribution is -0.122. The molecule has 160 valence electrons. The maximum absolute atomic E-state index is 12.9. The molecule has 1 saturated carbocycles. The highest BCUT2D eigenvalue weighted by molar-refractivity contribution is 5.85. The first-order valence-corrected chi connectivity index (χ1v) is 9.69. The third-order valence-electron chi connectivity index (χ3n) is 5.08. The lowest BCUT2D eigenvalue weighted by Crippen LogP contribution is -2.40. The van der Waals surface area contributed by atoms with E-state index in [0.29, 0.717) is 24.9 Å². The maximum Gasteiger partial charge on any atom is 0.237 e. The molecule has 0 aliphatic heterocycles. The van der Waals surface area contributed by atoms with Crippen molar-refractivity contribution < 1.29 is 9.18 Å².